The van der Waals surface area contributed by atoms with Gasteiger partial charge in [-0.25, -0.2) is 4.98 Å². The number of nitrogens with zero attached hydrogens (tertiary/aromatic N) is 3. The molecule has 23 heavy (non-hydrogen) atoms. The maximum Gasteiger partial charge on any atom is 0.222 e. The number of hydrogen-bond acceptors (Lipinski definition) is 6. The highest BCUT2D eigenvalue weighted by molar-refractivity contribution is 6.30. The van der Waals surface area contributed by atoms with Crippen molar-refractivity contribution in [2.75, 3.05) is 30.3 Å². The van der Waals surface area contributed by atoms with Crippen molar-refractivity contribution in [1.29, 1.82) is 0 Å². The fourth-order valence-corrected chi connectivity index (χ4v) is 2.87. The van der Waals surface area contributed by atoms with Gasteiger partial charge in [0, 0.05) is 24.7 Å². The summed E-state index contributed by atoms with van der Waals surface area (Å²) in [5, 5.41) is 9.75. The van der Waals surface area contributed by atoms with Crippen LogP contribution in [0.4, 0.5) is 11.8 Å². The van der Waals surface area contributed by atoms with Crippen molar-refractivity contribution in [3.05, 3.63) is 35.5 Å². The van der Waals surface area contributed by atoms with Crippen LogP contribution in [0.2, 0.25) is 5.02 Å². The third kappa shape index (κ3) is 3.83. The Morgan fingerprint density at radius 1 is 1.35 bits per heavy atom. The van der Waals surface area contributed by atoms with E-state index in [1.165, 1.54) is 0 Å². The molecule has 0 radical (unpaired) electrons. The highest BCUT2D eigenvalue weighted by Gasteiger charge is 2.26. The standard InChI is InChI=1S/C16H19ClN4O2/c17-12-1-3-13(4-2-12)23-14-9-19-16(18)20-15(14)21-7-5-11(10-21)6-8-22/h1-4,9,11,22H,5-8,10H2,(H2,18,19,20). The maximum atomic E-state index is 9.10. The fourth-order valence-electron chi connectivity index (χ4n) is 2.75. The van der Waals surface area contributed by atoms with Crippen LogP contribution >= 0.6 is 11.6 Å². The second-order valence-electron chi connectivity index (χ2n) is 5.59. The van der Waals surface area contributed by atoms with Crippen molar-refractivity contribution in [3.8, 4) is 11.5 Å². The van der Waals surface area contributed by atoms with Crippen LogP contribution in [0.15, 0.2) is 30.5 Å². The molecule has 2 heterocycles. The second kappa shape index (κ2) is 7.02. The fraction of sp³-hybridized carbons (Fsp3) is 0.375. The molecule has 7 heteroatoms. The van der Waals surface area contributed by atoms with E-state index >= 15 is 0 Å². The zero-order valence-corrected chi connectivity index (χ0v) is 13.4. The van der Waals surface area contributed by atoms with Crippen molar-refractivity contribution in [2.24, 2.45) is 5.92 Å². The SMILES string of the molecule is Nc1ncc(Oc2ccc(Cl)cc2)c(N2CCC(CCO)C2)n1. The smallest absolute Gasteiger partial charge is 0.222 e. The van der Waals surface area contributed by atoms with Crippen LogP contribution in [0, 0.1) is 5.92 Å². The minimum atomic E-state index is 0.207. The number of aliphatic hydroxyl groups is 1. The molecule has 1 saturated heterocycles. The van der Waals surface area contributed by atoms with E-state index in [1.807, 2.05) is 0 Å². The lowest BCUT2D eigenvalue weighted by Crippen LogP contribution is -2.22. The molecule has 1 fully saturated rings. The number of benzene rings is 1. The van der Waals surface area contributed by atoms with Crippen molar-refractivity contribution in [2.45, 2.75) is 12.8 Å². The summed E-state index contributed by atoms with van der Waals surface area (Å²) in [6, 6.07) is 7.12. The Labute approximate surface area is 139 Å². The Morgan fingerprint density at radius 3 is 2.87 bits per heavy atom. The number of aromatic nitrogens is 2. The molecule has 0 amide bonds. The first-order chi connectivity index (χ1) is 11.2. The minimum Gasteiger partial charge on any atom is -0.452 e. The van der Waals surface area contributed by atoms with E-state index in [-0.39, 0.29) is 12.6 Å². The molecule has 1 aliphatic heterocycles. The molecule has 1 atom stereocenters. The van der Waals surface area contributed by atoms with Gasteiger partial charge in [0.05, 0.1) is 6.20 Å². The Kier molecular flexibility index (Phi) is 4.83. The van der Waals surface area contributed by atoms with Gasteiger partial charge >= 0.3 is 0 Å². The largest absolute Gasteiger partial charge is 0.452 e. The van der Waals surface area contributed by atoms with Gasteiger partial charge in [-0.3, -0.25) is 0 Å². The van der Waals surface area contributed by atoms with Crippen molar-refractivity contribution in [3.63, 3.8) is 0 Å². The van der Waals surface area contributed by atoms with Gasteiger partial charge in [-0.15, -0.1) is 0 Å². The average Bonchev–Trinajstić information content (AvgIpc) is 3.00. The molecule has 0 spiro atoms. The lowest BCUT2D eigenvalue weighted by molar-refractivity contribution is 0.263. The van der Waals surface area contributed by atoms with E-state index in [4.69, 9.17) is 27.2 Å². The summed E-state index contributed by atoms with van der Waals surface area (Å²) in [5.41, 5.74) is 5.74. The van der Waals surface area contributed by atoms with E-state index < -0.39 is 0 Å². The maximum absolute atomic E-state index is 9.10. The molecule has 122 valence electrons. The highest BCUT2D eigenvalue weighted by atomic mass is 35.5. The molecule has 1 aromatic carbocycles. The number of halogens is 1. The Hall–Kier alpha value is -2.05. The Morgan fingerprint density at radius 2 is 2.13 bits per heavy atom. The van der Waals surface area contributed by atoms with Gasteiger partial charge in [0.15, 0.2) is 11.6 Å². The molecule has 1 aromatic heterocycles. The lowest BCUT2D eigenvalue weighted by atomic mass is 10.1. The van der Waals surface area contributed by atoms with E-state index in [9.17, 15) is 0 Å². The topological polar surface area (TPSA) is 84.5 Å². The van der Waals surface area contributed by atoms with Crippen molar-refractivity contribution < 1.29 is 9.84 Å². The molecule has 0 aliphatic carbocycles. The number of anilines is 2. The van der Waals surface area contributed by atoms with Gasteiger partial charge < -0.3 is 20.5 Å². The monoisotopic (exact) mass is 334 g/mol. The molecule has 0 saturated carbocycles. The summed E-state index contributed by atoms with van der Waals surface area (Å²) < 4.78 is 5.90. The summed E-state index contributed by atoms with van der Waals surface area (Å²) in [6.45, 7) is 1.89. The first-order valence-corrected chi connectivity index (χ1v) is 7.95. The summed E-state index contributed by atoms with van der Waals surface area (Å²) in [5.74, 6) is 2.59. The van der Waals surface area contributed by atoms with Crippen LogP contribution in [0.1, 0.15) is 12.8 Å². The molecule has 2 aromatic rings. The molecule has 1 unspecified atom stereocenters. The highest BCUT2D eigenvalue weighted by Crippen LogP contribution is 2.34. The molecule has 6 nitrogen and oxygen atoms in total. The molecule has 0 bridgehead atoms. The van der Waals surface area contributed by atoms with Crippen LogP contribution in [0.3, 0.4) is 0 Å². The first-order valence-electron chi connectivity index (χ1n) is 7.57. The van der Waals surface area contributed by atoms with Gasteiger partial charge in [0.1, 0.15) is 5.75 Å². The Bertz CT molecular complexity index is 666. The number of nitrogen functional groups attached to an aromatic ring is 1. The number of rotatable bonds is 5. The van der Waals surface area contributed by atoms with E-state index in [0.717, 1.165) is 25.9 Å². The predicted molar refractivity (Wildman–Crippen MR) is 90.0 cm³/mol. The zero-order valence-electron chi connectivity index (χ0n) is 12.7. The van der Waals surface area contributed by atoms with Gasteiger partial charge in [-0.2, -0.15) is 4.98 Å². The quantitative estimate of drug-likeness (QED) is 0.874. The van der Waals surface area contributed by atoms with Gasteiger partial charge in [-0.05, 0) is 43.0 Å². The molecular weight excluding hydrogens is 316 g/mol. The molecule has 3 rings (SSSR count). The second-order valence-corrected chi connectivity index (χ2v) is 6.02. The number of hydrogen-bond donors (Lipinski definition) is 2. The molecular formula is C16H19ClN4O2. The first kappa shape index (κ1) is 15.8. The van der Waals surface area contributed by atoms with E-state index in [1.54, 1.807) is 30.5 Å². The van der Waals surface area contributed by atoms with Crippen LogP contribution in [0.5, 0.6) is 11.5 Å². The summed E-state index contributed by atoms with van der Waals surface area (Å²) in [6.07, 6.45) is 3.40. The van der Waals surface area contributed by atoms with Crippen LogP contribution < -0.4 is 15.4 Å². The summed E-state index contributed by atoms with van der Waals surface area (Å²) in [4.78, 5) is 10.5. The van der Waals surface area contributed by atoms with E-state index in [0.29, 0.717) is 28.3 Å². The van der Waals surface area contributed by atoms with Gasteiger partial charge in [-0.1, -0.05) is 11.6 Å². The number of ether oxygens (including phenoxy) is 1. The number of nitrogens with two attached hydrogens (primary N) is 1. The average molecular weight is 335 g/mol. The summed E-state index contributed by atoms with van der Waals surface area (Å²) in [7, 11) is 0. The summed E-state index contributed by atoms with van der Waals surface area (Å²) >= 11 is 5.89. The van der Waals surface area contributed by atoms with Crippen LogP contribution in [-0.4, -0.2) is 34.8 Å². The third-order valence-corrected chi connectivity index (χ3v) is 4.17. The number of aliphatic hydroxyl groups excluding tert-OH is 1. The van der Waals surface area contributed by atoms with Gasteiger partial charge in [0.2, 0.25) is 5.95 Å². The normalized spacial score (nSPS) is 17.5. The molecule has 1 aliphatic rings. The Balaban J connectivity index is 1.82. The minimum absolute atomic E-state index is 0.207. The van der Waals surface area contributed by atoms with Gasteiger partial charge in [0.25, 0.3) is 0 Å². The predicted octanol–water partition coefficient (Wildman–Crippen LogP) is 2.71. The van der Waals surface area contributed by atoms with Crippen molar-refractivity contribution in [1.82, 2.24) is 9.97 Å². The third-order valence-electron chi connectivity index (χ3n) is 3.92. The zero-order chi connectivity index (χ0) is 16.2. The van der Waals surface area contributed by atoms with Crippen LogP contribution in [0.25, 0.3) is 0 Å². The molecule has 3 N–H and O–H groups in total. The van der Waals surface area contributed by atoms with Crippen LogP contribution in [-0.2, 0) is 0 Å². The lowest BCUT2D eigenvalue weighted by Gasteiger charge is -2.20. The van der Waals surface area contributed by atoms with Crippen molar-refractivity contribution >= 4 is 23.4 Å². The van der Waals surface area contributed by atoms with E-state index in [2.05, 4.69) is 14.9 Å².